The van der Waals surface area contributed by atoms with Crippen LogP contribution in [0.3, 0.4) is 0 Å². The van der Waals surface area contributed by atoms with E-state index in [4.69, 9.17) is 0 Å². The molecule has 0 fully saturated rings. The summed E-state index contributed by atoms with van der Waals surface area (Å²) in [4.78, 5) is 0. The molecule has 1 aromatic carbocycles. The largest absolute Gasteiger partial charge is 0.573 e. The Bertz CT molecular complexity index is 463. The van der Waals surface area contributed by atoms with Crippen LogP contribution < -0.4 is 10.1 Å². The van der Waals surface area contributed by atoms with Crippen LogP contribution in [0.1, 0.15) is 0 Å². The lowest BCUT2D eigenvalue weighted by molar-refractivity contribution is -0.274. The van der Waals surface area contributed by atoms with Gasteiger partial charge < -0.3 is 14.8 Å². The van der Waals surface area contributed by atoms with Crippen LogP contribution >= 0.6 is 15.9 Å². The topological polar surface area (TPSA) is 30.5 Å². The maximum absolute atomic E-state index is 12.2. The molecule has 0 bridgehead atoms. The molecular formula is C11H10BrF6NO2. The van der Waals surface area contributed by atoms with Crippen LogP contribution in [0.25, 0.3) is 0 Å². The predicted molar refractivity (Wildman–Crippen MR) is 66.2 cm³/mol. The van der Waals surface area contributed by atoms with Gasteiger partial charge in [0.05, 0.1) is 12.3 Å². The molecule has 21 heavy (non-hydrogen) atoms. The van der Waals surface area contributed by atoms with E-state index in [0.29, 0.717) is 4.47 Å². The Morgan fingerprint density at radius 1 is 1.10 bits per heavy atom. The van der Waals surface area contributed by atoms with Gasteiger partial charge in [-0.1, -0.05) is 15.9 Å². The smallest absolute Gasteiger partial charge is 0.404 e. The van der Waals surface area contributed by atoms with E-state index in [1.165, 1.54) is 12.1 Å². The molecule has 0 saturated carbocycles. The molecular weight excluding hydrogens is 372 g/mol. The van der Waals surface area contributed by atoms with Gasteiger partial charge >= 0.3 is 12.5 Å². The summed E-state index contributed by atoms with van der Waals surface area (Å²) in [6.45, 7) is -1.84. The van der Waals surface area contributed by atoms with E-state index < -0.39 is 24.9 Å². The summed E-state index contributed by atoms with van der Waals surface area (Å²) < 4.78 is 80.5. The highest BCUT2D eigenvalue weighted by molar-refractivity contribution is 9.10. The second kappa shape index (κ2) is 7.21. The molecule has 0 heterocycles. The minimum atomic E-state index is -4.87. The number of rotatable bonds is 6. The molecule has 0 aliphatic rings. The Morgan fingerprint density at radius 3 is 2.33 bits per heavy atom. The number of hydrogen-bond acceptors (Lipinski definition) is 3. The summed E-state index contributed by atoms with van der Waals surface area (Å²) in [7, 11) is 0. The van der Waals surface area contributed by atoms with E-state index in [2.05, 4.69) is 30.7 Å². The number of benzene rings is 1. The number of nitrogens with one attached hydrogen (secondary N) is 1. The molecule has 3 nitrogen and oxygen atoms in total. The average molecular weight is 382 g/mol. The first-order chi connectivity index (χ1) is 9.57. The zero-order valence-corrected chi connectivity index (χ0v) is 11.9. The summed E-state index contributed by atoms with van der Waals surface area (Å²) in [5, 5.41) is 2.51. The van der Waals surface area contributed by atoms with Gasteiger partial charge in [-0.25, -0.2) is 0 Å². The van der Waals surface area contributed by atoms with Gasteiger partial charge in [-0.2, -0.15) is 13.2 Å². The normalized spacial score (nSPS) is 12.3. The fourth-order valence-corrected chi connectivity index (χ4v) is 1.64. The van der Waals surface area contributed by atoms with Crippen LogP contribution in [0.4, 0.5) is 32.0 Å². The van der Waals surface area contributed by atoms with Crippen molar-refractivity contribution in [3.05, 3.63) is 22.7 Å². The van der Waals surface area contributed by atoms with Gasteiger partial charge in [0.2, 0.25) is 0 Å². The van der Waals surface area contributed by atoms with Crippen molar-refractivity contribution in [2.45, 2.75) is 12.5 Å². The average Bonchev–Trinajstić information content (AvgIpc) is 2.27. The molecule has 0 radical (unpaired) electrons. The van der Waals surface area contributed by atoms with Crippen LogP contribution in [0.2, 0.25) is 0 Å². The van der Waals surface area contributed by atoms with E-state index in [0.717, 1.165) is 6.07 Å². The summed E-state index contributed by atoms with van der Waals surface area (Å²) in [5.41, 5.74) is -0.00821. The third-order valence-electron chi connectivity index (χ3n) is 2.00. The fraction of sp³-hybridized carbons (Fsp3) is 0.455. The van der Waals surface area contributed by atoms with Crippen molar-refractivity contribution in [3.8, 4) is 5.75 Å². The molecule has 0 amide bonds. The minimum Gasteiger partial charge on any atom is -0.404 e. The van der Waals surface area contributed by atoms with Crippen molar-refractivity contribution in [2.75, 3.05) is 25.1 Å². The third kappa shape index (κ3) is 8.00. The van der Waals surface area contributed by atoms with E-state index in [9.17, 15) is 26.3 Å². The molecule has 0 aliphatic carbocycles. The van der Waals surface area contributed by atoms with Gasteiger partial charge in [0, 0.05) is 11.0 Å². The first-order valence-electron chi connectivity index (χ1n) is 5.50. The highest BCUT2D eigenvalue weighted by atomic mass is 79.9. The van der Waals surface area contributed by atoms with Crippen molar-refractivity contribution in [1.82, 2.24) is 0 Å². The maximum atomic E-state index is 12.2. The quantitative estimate of drug-likeness (QED) is 0.587. The van der Waals surface area contributed by atoms with Crippen molar-refractivity contribution in [1.29, 1.82) is 0 Å². The van der Waals surface area contributed by atoms with Gasteiger partial charge in [-0.3, -0.25) is 0 Å². The van der Waals surface area contributed by atoms with E-state index in [1.807, 2.05) is 0 Å². The van der Waals surface area contributed by atoms with Crippen molar-refractivity contribution in [2.24, 2.45) is 0 Å². The Balaban J connectivity index is 2.54. The second-order valence-corrected chi connectivity index (χ2v) is 4.70. The minimum absolute atomic E-state index is 0.00821. The molecule has 0 unspecified atom stereocenters. The molecule has 0 aliphatic heterocycles. The molecule has 1 rings (SSSR count). The Hall–Kier alpha value is -1.16. The highest BCUT2D eigenvalue weighted by Crippen LogP contribution is 2.32. The van der Waals surface area contributed by atoms with Crippen LogP contribution in [0.5, 0.6) is 5.75 Å². The Labute approximate surface area is 124 Å². The summed E-state index contributed by atoms with van der Waals surface area (Å²) in [5.74, 6) is -0.493. The van der Waals surface area contributed by atoms with Crippen molar-refractivity contribution >= 4 is 21.6 Å². The first-order valence-corrected chi connectivity index (χ1v) is 6.30. The van der Waals surface area contributed by atoms with Gasteiger partial charge in [0.1, 0.15) is 6.61 Å². The molecule has 0 spiro atoms. The standard InChI is InChI=1S/C11H10BrF6NO2/c12-7-1-2-8(9(5-7)21-11(16,17)18)19-3-4-20-6-10(13,14)15/h1-2,5,19H,3-4,6H2. The van der Waals surface area contributed by atoms with Crippen LogP contribution in [-0.4, -0.2) is 32.3 Å². The molecule has 1 aromatic rings. The highest BCUT2D eigenvalue weighted by Gasteiger charge is 2.32. The van der Waals surface area contributed by atoms with Crippen molar-refractivity contribution in [3.63, 3.8) is 0 Å². The summed E-state index contributed by atoms with van der Waals surface area (Å²) in [6.07, 6.45) is -9.31. The zero-order valence-electron chi connectivity index (χ0n) is 10.3. The van der Waals surface area contributed by atoms with Gasteiger partial charge in [0.15, 0.2) is 5.75 Å². The Kier molecular flexibility index (Phi) is 6.14. The van der Waals surface area contributed by atoms with Crippen molar-refractivity contribution < 1.29 is 35.8 Å². The van der Waals surface area contributed by atoms with E-state index >= 15 is 0 Å². The van der Waals surface area contributed by atoms with Gasteiger partial charge in [-0.15, -0.1) is 13.2 Å². The van der Waals surface area contributed by atoms with Gasteiger partial charge in [-0.05, 0) is 18.2 Å². The lowest BCUT2D eigenvalue weighted by Crippen LogP contribution is -2.21. The lowest BCUT2D eigenvalue weighted by Gasteiger charge is -2.15. The number of anilines is 1. The molecule has 120 valence electrons. The third-order valence-corrected chi connectivity index (χ3v) is 2.49. The molecule has 0 saturated heterocycles. The maximum Gasteiger partial charge on any atom is 0.573 e. The number of alkyl halides is 6. The zero-order chi connectivity index (χ0) is 16.1. The van der Waals surface area contributed by atoms with E-state index in [1.54, 1.807) is 0 Å². The number of hydrogen-bond donors (Lipinski definition) is 1. The second-order valence-electron chi connectivity index (χ2n) is 3.78. The number of halogens is 7. The summed E-state index contributed by atoms with van der Waals surface area (Å²) in [6, 6.07) is 3.85. The Morgan fingerprint density at radius 2 is 1.76 bits per heavy atom. The van der Waals surface area contributed by atoms with Crippen LogP contribution in [-0.2, 0) is 4.74 Å². The monoisotopic (exact) mass is 381 g/mol. The number of ether oxygens (including phenoxy) is 2. The molecule has 1 N–H and O–H groups in total. The summed E-state index contributed by atoms with van der Waals surface area (Å²) >= 11 is 2.99. The van der Waals surface area contributed by atoms with Gasteiger partial charge in [0.25, 0.3) is 0 Å². The lowest BCUT2D eigenvalue weighted by atomic mass is 10.3. The SMILES string of the molecule is FC(F)(F)COCCNc1ccc(Br)cc1OC(F)(F)F. The molecule has 0 aromatic heterocycles. The molecule has 10 heteroatoms. The van der Waals surface area contributed by atoms with E-state index in [-0.39, 0.29) is 18.8 Å². The molecule has 0 atom stereocenters. The first kappa shape index (κ1) is 17.9. The fourth-order valence-electron chi connectivity index (χ4n) is 1.30. The predicted octanol–water partition coefficient (Wildman–Crippen LogP) is 4.34. The van der Waals surface area contributed by atoms with Crippen LogP contribution in [0.15, 0.2) is 22.7 Å². The van der Waals surface area contributed by atoms with Crippen LogP contribution in [0, 0.1) is 0 Å².